The van der Waals surface area contributed by atoms with E-state index in [1.165, 1.54) is 9.87 Å². The highest BCUT2D eigenvalue weighted by Gasteiger charge is 2.33. The predicted octanol–water partition coefficient (Wildman–Crippen LogP) is 2.34. The van der Waals surface area contributed by atoms with E-state index in [-0.39, 0.29) is 16.7 Å². The normalized spacial score (nSPS) is 15.9. The van der Waals surface area contributed by atoms with E-state index in [1.54, 1.807) is 18.2 Å². The molecule has 0 atom stereocenters. The summed E-state index contributed by atoms with van der Waals surface area (Å²) in [5.74, 6) is -0.168. The van der Waals surface area contributed by atoms with Crippen molar-refractivity contribution in [1.82, 2.24) is 23.3 Å². The Balaban J connectivity index is 1.26. The molecule has 0 saturated carbocycles. The summed E-state index contributed by atoms with van der Waals surface area (Å²) in [7, 11) is -1.64. The Morgan fingerprint density at radius 1 is 1.12 bits per heavy atom. The van der Waals surface area contributed by atoms with Gasteiger partial charge in [-0.05, 0) is 37.6 Å². The van der Waals surface area contributed by atoms with Crippen LogP contribution in [0.5, 0.6) is 0 Å². The maximum atomic E-state index is 13.1. The Morgan fingerprint density at radius 2 is 1.88 bits per heavy atom. The second-order valence-corrected chi connectivity index (χ2v) is 10.5. The molecule has 0 radical (unpaired) electrons. The lowest BCUT2D eigenvalue weighted by molar-refractivity contribution is -0.126. The van der Waals surface area contributed by atoms with Gasteiger partial charge in [0.25, 0.3) is 0 Å². The quantitative estimate of drug-likeness (QED) is 0.540. The van der Waals surface area contributed by atoms with E-state index >= 15 is 0 Å². The molecule has 4 rings (SSSR count). The van der Waals surface area contributed by atoms with Crippen LogP contribution in [0.25, 0.3) is 11.0 Å². The van der Waals surface area contributed by atoms with Gasteiger partial charge < -0.3 is 10.2 Å². The Labute approximate surface area is 192 Å². The Bertz CT molecular complexity index is 1160. The summed E-state index contributed by atoms with van der Waals surface area (Å²) in [5.41, 5.74) is 2.23. The van der Waals surface area contributed by atoms with Crippen LogP contribution in [0.15, 0.2) is 53.4 Å². The molecular weight excluding hydrogens is 446 g/mol. The highest BCUT2D eigenvalue weighted by molar-refractivity contribution is 7.89. The molecule has 0 unspecified atom stereocenters. The van der Waals surface area contributed by atoms with Crippen LogP contribution in [0.4, 0.5) is 0 Å². The van der Waals surface area contributed by atoms with Gasteiger partial charge in [-0.3, -0.25) is 4.79 Å². The number of hydrogen-bond acceptors (Lipinski definition) is 7. The molecule has 1 amide bonds. The molecule has 0 bridgehead atoms. The maximum absolute atomic E-state index is 13.1. The van der Waals surface area contributed by atoms with Crippen molar-refractivity contribution in [2.75, 3.05) is 33.2 Å². The summed E-state index contributed by atoms with van der Waals surface area (Å²) in [4.78, 5) is 14.9. The van der Waals surface area contributed by atoms with Crippen LogP contribution < -0.4 is 5.32 Å². The molecular formula is C22H27N5O3S2. The van der Waals surface area contributed by atoms with Gasteiger partial charge in [0.05, 0.1) is 11.7 Å². The number of amides is 1. The molecule has 2 aromatic carbocycles. The first-order valence-electron chi connectivity index (χ1n) is 10.7. The Morgan fingerprint density at radius 3 is 2.62 bits per heavy atom. The first-order valence-corrected chi connectivity index (χ1v) is 12.8. The average Bonchev–Trinajstić information content (AvgIpc) is 3.28. The van der Waals surface area contributed by atoms with Crippen molar-refractivity contribution in [3.05, 3.63) is 54.1 Å². The minimum atomic E-state index is -3.67. The number of piperidine rings is 1. The van der Waals surface area contributed by atoms with Gasteiger partial charge in [0.1, 0.15) is 15.9 Å². The van der Waals surface area contributed by atoms with Gasteiger partial charge in [-0.25, -0.2) is 8.42 Å². The van der Waals surface area contributed by atoms with E-state index in [4.69, 9.17) is 0 Å². The molecule has 32 heavy (non-hydrogen) atoms. The molecule has 170 valence electrons. The van der Waals surface area contributed by atoms with E-state index in [0.717, 1.165) is 24.8 Å². The average molecular weight is 474 g/mol. The Kier molecular flexibility index (Phi) is 7.14. The summed E-state index contributed by atoms with van der Waals surface area (Å²) < 4.78 is 36.0. The smallest absolute Gasteiger partial charge is 0.245 e. The number of rotatable bonds is 8. The van der Waals surface area contributed by atoms with Crippen molar-refractivity contribution in [2.24, 2.45) is 5.92 Å². The zero-order valence-electron chi connectivity index (χ0n) is 18.0. The van der Waals surface area contributed by atoms with E-state index in [9.17, 15) is 13.2 Å². The van der Waals surface area contributed by atoms with Gasteiger partial charge in [0.2, 0.25) is 15.9 Å². The second kappa shape index (κ2) is 10.0. The molecule has 1 aliphatic heterocycles. The number of carbonyl (C=O) groups excluding carboxylic acids is 1. The number of nitrogens with zero attached hydrogens (tertiary/aromatic N) is 4. The number of aromatic nitrogens is 2. The molecule has 10 heteroatoms. The maximum Gasteiger partial charge on any atom is 0.245 e. The van der Waals surface area contributed by atoms with Gasteiger partial charge in [-0.15, -0.1) is 0 Å². The molecule has 8 nitrogen and oxygen atoms in total. The summed E-state index contributed by atoms with van der Waals surface area (Å²) in [6, 6.07) is 15.2. The van der Waals surface area contributed by atoms with Crippen molar-refractivity contribution in [3.8, 4) is 0 Å². The minimum absolute atomic E-state index is 0.000891. The number of sulfonamides is 1. The molecule has 0 aliphatic carbocycles. The van der Waals surface area contributed by atoms with Crippen LogP contribution in [0.1, 0.15) is 18.4 Å². The van der Waals surface area contributed by atoms with Crippen molar-refractivity contribution >= 4 is 38.7 Å². The largest absolute Gasteiger partial charge is 0.355 e. The van der Waals surface area contributed by atoms with Gasteiger partial charge in [-0.2, -0.15) is 13.1 Å². The van der Waals surface area contributed by atoms with Crippen LogP contribution in [-0.2, 0) is 21.4 Å². The van der Waals surface area contributed by atoms with E-state index in [0.29, 0.717) is 43.5 Å². The van der Waals surface area contributed by atoms with Crippen molar-refractivity contribution in [3.63, 3.8) is 0 Å². The van der Waals surface area contributed by atoms with Gasteiger partial charge in [0, 0.05) is 38.6 Å². The van der Waals surface area contributed by atoms with Gasteiger partial charge >= 0.3 is 0 Å². The van der Waals surface area contributed by atoms with Crippen LogP contribution >= 0.6 is 11.7 Å². The molecule has 3 aromatic rings. The summed E-state index contributed by atoms with van der Waals surface area (Å²) in [6.45, 7) is 2.79. The Hall–Kier alpha value is -2.40. The molecule has 0 spiro atoms. The lowest BCUT2D eigenvalue weighted by Crippen LogP contribution is -2.44. The van der Waals surface area contributed by atoms with Crippen LogP contribution in [0.3, 0.4) is 0 Å². The zero-order chi connectivity index (χ0) is 22.6. The number of fused-ring (bicyclic) bond motifs is 1. The lowest BCUT2D eigenvalue weighted by Gasteiger charge is -2.30. The third kappa shape index (κ3) is 5.15. The topological polar surface area (TPSA) is 95.5 Å². The monoisotopic (exact) mass is 473 g/mol. The van der Waals surface area contributed by atoms with Crippen molar-refractivity contribution in [2.45, 2.75) is 24.3 Å². The number of hydrogen-bond donors (Lipinski definition) is 1. The number of nitrogens with one attached hydrogen (secondary N) is 1. The number of benzene rings is 2. The van der Waals surface area contributed by atoms with Gasteiger partial charge in [0.15, 0.2) is 0 Å². The summed E-state index contributed by atoms with van der Waals surface area (Å²) >= 11 is 1.00. The predicted molar refractivity (Wildman–Crippen MR) is 125 cm³/mol. The SMILES string of the molecule is CN(CCNC(=O)C1CCN(S(=O)(=O)c2cccc3nsnc23)CC1)Cc1ccccc1. The molecule has 1 fully saturated rings. The number of likely N-dealkylation sites (N-methyl/N-ethyl adjacent to an activating group) is 1. The van der Waals surface area contributed by atoms with Crippen LogP contribution in [-0.4, -0.2) is 65.5 Å². The standard InChI is InChI=1S/C22H27N5O3S2/c1-26(16-17-6-3-2-4-7-17)15-12-23-22(28)18-10-13-27(14-11-18)32(29,30)20-9-5-8-19-21(20)25-31-24-19/h2-9,18H,10-16H2,1H3,(H,23,28). The fraction of sp³-hybridized carbons (Fsp3) is 0.409. The van der Waals surface area contributed by atoms with Gasteiger partial charge in [-0.1, -0.05) is 36.4 Å². The fourth-order valence-corrected chi connectivity index (χ4v) is 6.20. The first kappa shape index (κ1) is 22.8. The zero-order valence-corrected chi connectivity index (χ0v) is 19.6. The molecule has 1 N–H and O–H groups in total. The van der Waals surface area contributed by atoms with E-state index < -0.39 is 10.0 Å². The van der Waals surface area contributed by atoms with Crippen molar-refractivity contribution < 1.29 is 13.2 Å². The summed E-state index contributed by atoms with van der Waals surface area (Å²) in [5, 5.41) is 3.01. The molecule has 1 aliphatic rings. The first-order chi connectivity index (χ1) is 15.4. The lowest BCUT2D eigenvalue weighted by atomic mass is 9.97. The van der Waals surface area contributed by atoms with Crippen LogP contribution in [0, 0.1) is 5.92 Å². The highest BCUT2D eigenvalue weighted by atomic mass is 32.2. The third-order valence-corrected chi connectivity index (χ3v) is 8.25. The minimum Gasteiger partial charge on any atom is -0.355 e. The molecule has 1 saturated heterocycles. The van der Waals surface area contributed by atoms with Crippen molar-refractivity contribution in [1.29, 1.82) is 0 Å². The fourth-order valence-electron chi connectivity index (χ4n) is 3.98. The molecule has 2 heterocycles. The van der Waals surface area contributed by atoms with E-state index in [2.05, 4.69) is 31.1 Å². The second-order valence-electron chi connectivity index (χ2n) is 8.08. The van der Waals surface area contributed by atoms with E-state index in [1.807, 2.05) is 25.2 Å². The highest BCUT2D eigenvalue weighted by Crippen LogP contribution is 2.28. The third-order valence-electron chi connectivity index (χ3n) is 5.78. The summed E-state index contributed by atoms with van der Waals surface area (Å²) in [6.07, 6.45) is 1.02. The molecule has 1 aromatic heterocycles. The number of carbonyl (C=O) groups is 1. The van der Waals surface area contributed by atoms with Crippen LogP contribution in [0.2, 0.25) is 0 Å².